The summed E-state index contributed by atoms with van der Waals surface area (Å²) in [5.74, 6) is -1.00. The summed E-state index contributed by atoms with van der Waals surface area (Å²) in [5.41, 5.74) is 6.44. The van der Waals surface area contributed by atoms with Crippen molar-refractivity contribution in [2.24, 2.45) is 5.73 Å². The van der Waals surface area contributed by atoms with Gasteiger partial charge in [0.05, 0.1) is 21.7 Å². The van der Waals surface area contributed by atoms with Crippen molar-refractivity contribution in [3.8, 4) is 11.5 Å². The van der Waals surface area contributed by atoms with Crippen molar-refractivity contribution in [3.63, 3.8) is 0 Å². The molecule has 12 heteroatoms. The number of fused-ring (bicyclic) bond motifs is 2. The van der Waals surface area contributed by atoms with E-state index >= 15 is 0 Å². The van der Waals surface area contributed by atoms with Crippen LogP contribution in [0.3, 0.4) is 0 Å². The standard InChI is InChI=1S/C23H19N7O4S/c1-2-35(33,34)13-10-15(22(32)30-23-25-7-8-26-23)18-16(11-13)28-21(29-18)19-14-6-4-3-5-12(14)9-17(27-19)20(24)31/h3-11H,2H2,1H3,(H2,24,31)(H,28,29)(H2,25,26,30,32). The number of carbonyl (C=O) groups is 2. The molecular formula is C23H19N7O4S. The number of H-pyrrole nitrogens is 2. The van der Waals surface area contributed by atoms with E-state index in [0.717, 1.165) is 5.39 Å². The van der Waals surface area contributed by atoms with E-state index in [-0.39, 0.29) is 39.2 Å². The number of sulfone groups is 1. The number of nitrogens with one attached hydrogen (secondary N) is 3. The molecule has 35 heavy (non-hydrogen) atoms. The molecule has 0 fully saturated rings. The lowest BCUT2D eigenvalue weighted by Crippen LogP contribution is -2.15. The second-order valence-electron chi connectivity index (χ2n) is 7.69. The Morgan fingerprint density at radius 1 is 1.11 bits per heavy atom. The van der Waals surface area contributed by atoms with Crippen LogP contribution in [0.2, 0.25) is 0 Å². The van der Waals surface area contributed by atoms with E-state index in [4.69, 9.17) is 5.73 Å². The molecule has 0 aliphatic rings. The first kappa shape index (κ1) is 22.2. The van der Waals surface area contributed by atoms with E-state index < -0.39 is 21.7 Å². The number of amides is 2. The number of hydrogen-bond donors (Lipinski definition) is 4. The molecule has 3 heterocycles. The number of nitrogens with zero attached hydrogens (tertiary/aromatic N) is 3. The zero-order valence-corrected chi connectivity index (χ0v) is 19.2. The van der Waals surface area contributed by atoms with Gasteiger partial charge in [0.15, 0.2) is 15.7 Å². The molecule has 0 bridgehead atoms. The lowest BCUT2D eigenvalue weighted by Gasteiger charge is -2.07. The maximum atomic E-state index is 13.1. The van der Waals surface area contributed by atoms with Gasteiger partial charge in [-0.3, -0.25) is 14.9 Å². The van der Waals surface area contributed by atoms with Crippen LogP contribution in [-0.4, -0.2) is 50.9 Å². The first-order valence-corrected chi connectivity index (χ1v) is 12.2. The predicted octanol–water partition coefficient (Wildman–Crippen LogP) is 2.65. The second-order valence-corrected chi connectivity index (χ2v) is 9.97. The summed E-state index contributed by atoms with van der Waals surface area (Å²) in [6, 6.07) is 11.5. The van der Waals surface area contributed by atoms with Crippen LogP contribution in [0.1, 0.15) is 27.8 Å². The van der Waals surface area contributed by atoms with Gasteiger partial charge in [0.2, 0.25) is 5.95 Å². The smallest absolute Gasteiger partial charge is 0.267 e. The minimum absolute atomic E-state index is 0.0313. The zero-order valence-electron chi connectivity index (χ0n) is 18.4. The number of benzene rings is 2. The summed E-state index contributed by atoms with van der Waals surface area (Å²) >= 11 is 0. The fraction of sp³-hybridized carbons (Fsp3) is 0.0870. The van der Waals surface area contributed by atoms with Crippen LogP contribution in [0, 0.1) is 0 Å². The van der Waals surface area contributed by atoms with Gasteiger partial charge in [-0.15, -0.1) is 0 Å². The number of nitrogens with two attached hydrogens (primary N) is 1. The number of rotatable bonds is 6. The highest BCUT2D eigenvalue weighted by Crippen LogP contribution is 2.30. The third-order valence-electron chi connectivity index (χ3n) is 5.49. The molecule has 2 amide bonds. The third-order valence-corrected chi connectivity index (χ3v) is 7.21. The number of primary amides is 1. The zero-order chi connectivity index (χ0) is 24.7. The number of anilines is 1. The fourth-order valence-electron chi connectivity index (χ4n) is 3.74. The highest BCUT2D eigenvalue weighted by Gasteiger charge is 2.23. The average molecular weight is 490 g/mol. The Labute approximate surface area is 198 Å². The number of carbonyl (C=O) groups excluding carboxylic acids is 2. The van der Waals surface area contributed by atoms with E-state index in [9.17, 15) is 18.0 Å². The van der Waals surface area contributed by atoms with Crippen LogP contribution >= 0.6 is 0 Å². The van der Waals surface area contributed by atoms with Crippen molar-refractivity contribution in [1.29, 1.82) is 0 Å². The number of aromatic amines is 2. The Morgan fingerprint density at radius 2 is 1.91 bits per heavy atom. The van der Waals surface area contributed by atoms with Gasteiger partial charge in [-0.25, -0.2) is 23.4 Å². The van der Waals surface area contributed by atoms with E-state index in [1.165, 1.54) is 25.3 Å². The molecule has 11 nitrogen and oxygen atoms in total. The van der Waals surface area contributed by atoms with Gasteiger partial charge in [0.25, 0.3) is 11.8 Å². The van der Waals surface area contributed by atoms with Crippen LogP contribution in [0.5, 0.6) is 0 Å². The van der Waals surface area contributed by atoms with Crippen LogP contribution in [0.25, 0.3) is 33.3 Å². The molecule has 0 aliphatic heterocycles. The summed E-state index contributed by atoms with van der Waals surface area (Å²) < 4.78 is 25.3. The average Bonchev–Trinajstić information content (AvgIpc) is 3.52. The van der Waals surface area contributed by atoms with Crippen LogP contribution < -0.4 is 11.1 Å². The minimum Gasteiger partial charge on any atom is -0.364 e. The number of aromatic nitrogens is 5. The largest absolute Gasteiger partial charge is 0.364 e. The van der Waals surface area contributed by atoms with Gasteiger partial charge in [0.1, 0.15) is 16.9 Å². The monoisotopic (exact) mass is 489 g/mol. The van der Waals surface area contributed by atoms with Crippen molar-refractivity contribution in [3.05, 3.63) is 66.1 Å². The summed E-state index contributed by atoms with van der Waals surface area (Å²) in [5, 5.41) is 4.01. The van der Waals surface area contributed by atoms with Crippen molar-refractivity contribution in [1.82, 2.24) is 24.9 Å². The second kappa shape index (κ2) is 8.33. The molecular weight excluding hydrogens is 470 g/mol. The van der Waals surface area contributed by atoms with Gasteiger partial charge in [-0.1, -0.05) is 31.2 Å². The number of imidazole rings is 2. The predicted molar refractivity (Wildman–Crippen MR) is 130 cm³/mol. The first-order chi connectivity index (χ1) is 16.8. The normalized spacial score (nSPS) is 11.7. The molecule has 3 aromatic heterocycles. The van der Waals surface area contributed by atoms with E-state index in [1.54, 1.807) is 12.3 Å². The first-order valence-electron chi connectivity index (χ1n) is 10.5. The van der Waals surface area contributed by atoms with Crippen LogP contribution in [-0.2, 0) is 9.84 Å². The van der Waals surface area contributed by atoms with Gasteiger partial charge >= 0.3 is 0 Å². The number of hydrogen-bond acceptors (Lipinski definition) is 7. The summed E-state index contributed by atoms with van der Waals surface area (Å²) in [7, 11) is -3.64. The summed E-state index contributed by atoms with van der Waals surface area (Å²) in [4.78, 5) is 43.7. The fourth-order valence-corrected chi connectivity index (χ4v) is 4.66. The lowest BCUT2D eigenvalue weighted by molar-refractivity contribution is 0.0993. The van der Waals surface area contributed by atoms with E-state index in [2.05, 4.69) is 30.2 Å². The van der Waals surface area contributed by atoms with Crippen LogP contribution in [0.4, 0.5) is 5.95 Å². The highest BCUT2D eigenvalue weighted by atomic mass is 32.2. The van der Waals surface area contributed by atoms with Gasteiger partial charge in [-0.05, 0) is 23.6 Å². The van der Waals surface area contributed by atoms with E-state index in [1.807, 2.05) is 24.3 Å². The maximum absolute atomic E-state index is 13.1. The minimum atomic E-state index is -3.64. The summed E-state index contributed by atoms with van der Waals surface area (Å²) in [6.45, 7) is 1.52. The molecule has 5 N–H and O–H groups in total. The van der Waals surface area contributed by atoms with Gasteiger partial charge in [-0.2, -0.15) is 0 Å². The molecule has 0 atom stereocenters. The van der Waals surface area contributed by atoms with Gasteiger partial charge in [0, 0.05) is 17.8 Å². The quantitative estimate of drug-likeness (QED) is 0.283. The molecule has 0 saturated carbocycles. The topological polar surface area (TPSA) is 177 Å². The maximum Gasteiger partial charge on any atom is 0.267 e. The Kier molecular flexibility index (Phi) is 5.29. The molecule has 5 rings (SSSR count). The molecule has 0 unspecified atom stereocenters. The summed E-state index contributed by atoms with van der Waals surface area (Å²) in [6.07, 6.45) is 3.01. The van der Waals surface area contributed by atoms with Crippen molar-refractivity contribution >= 4 is 49.4 Å². The van der Waals surface area contributed by atoms with Crippen molar-refractivity contribution in [2.45, 2.75) is 11.8 Å². The molecule has 0 radical (unpaired) electrons. The van der Waals surface area contributed by atoms with Gasteiger partial charge < -0.3 is 15.7 Å². The van der Waals surface area contributed by atoms with Crippen LogP contribution in [0.15, 0.2) is 59.8 Å². The van der Waals surface area contributed by atoms with Crippen molar-refractivity contribution in [2.75, 3.05) is 11.1 Å². The molecule has 0 saturated heterocycles. The Morgan fingerprint density at radius 3 is 2.63 bits per heavy atom. The highest BCUT2D eigenvalue weighted by molar-refractivity contribution is 7.91. The SMILES string of the molecule is CCS(=O)(=O)c1cc(C(=O)Nc2ncc[nH]2)c2nc(-c3nc(C(N)=O)cc4ccccc34)[nH]c2c1. The van der Waals surface area contributed by atoms with E-state index in [0.29, 0.717) is 16.6 Å². The molecule has 0 aliphatic carbocycles. The molecule has 0 spiro atoms. The molecule has 176 valence electrons. The third kappa shape index (κ3) is 3.99. The Bertz CT molecular complexity index is 1720. The Hall–Kier alpha value is -4.58. The lowest BCUT2D eigenvalue weighted by atomic mass is 10.1. The Balaban J connectivity index is 1.75. The molecule has 5 aromatic rings. The number of pyridine rings is 1. The van der Waals surface area contributed by atoms with Crippen molar-refractivity contribution < 1.29 is 18.0 Å². The molecule has 2 aromatic carbocycles.